The predicted molar refractivity (Wildman–Crippen MR) is 97.9 cm³/mol. The Kier molecular flexibility index (Phi) is 6.91. The van der Waals surface area contributed by atoms with E-state index >= 15 is 0 Å². The number of anilines is 1. The van der Waals surface area contributed by atoms with Crippen molar-refractivity contribution in [2.24, 2.45) is 0 Å². The Hall–Kier alpha value is -2.44. The Morgan fingerprint density at radius 2 is 1.64 bits per heavy atom. The third-order valence-corrected chi connectivity index (χ3v) is 3.73. The highest BCUT2D eigenvalue weighted by Gasteiger charge is 2.09. The second-order valence-corrected chi connectivity index (χ2v) is 5.62. The third-order valence-electron chi connectivity index (χ3n) is 3.50. The number of hydrogen-bond acceptors (Lipinski definition) is 5. The molecule has 0 fully saturated rings. The fourth-order valence-electron chi connectivity index (χ4n) is 2.28. The van der Waals surface area contributed by atoms with E-state index in [1.807, 2.05) is 18.2 Å². The summed E-state index contributed by atoms with van der Waals surface area (Å²) in [6, 6.07) is 10.6. The molecule has 7 heteroatoms. The number of ether oxygens (including phenoxy) is 3. The third kappa shape index (κ3) is 5.27. The monoisotopic (exact) mass is 364 g/mol. The van der Waals surface area contributed by atoms with Crippen LogP contribution >= 0.6 is 11.6 Å². The van der Waals surface area contributed by atoms with E-state index in [1.165, 1.54) is 7.11 Å². The molecule has 0 unspecified atom stereocenters. The van der Waals surface area contributed by atoms with Crippen molar-refractivity contribution in [1.82, 2.24) is 5.32 Å². The number of nitrogens with one attached hydrogen (secondary N) is 2. The lowest BCUT2D eigenvalue weighted by molar-refractivity contribution is -0.115. The van der Waals surface area contributed by atoms with E-state index in [4.69, 9.17) is 25.8 Å². The van der Waals surface area contributed by atoms with Crippen molar-refractivity contribution >= 4 is 23.2 Å². The molecule has 0 spiro atoms. The number of carbonyl (C=O) groups is 1. The smallest absolute Gasteiger partial charge is 0.238 e. The molecule has 6 nitrogen and oxygen atoms in total. The van der Waals surface area contributed by atoms with Crippen molar-refractivity contribution < 1.29 is 19.0 Å². The number of amides is 1. The molecule has 0 bridgehead atoms. The highest BCUT2D eigenvalue weighted by Crippen LogP contribution is 2.28. The van der Waals surface area contributed by atoms with E-state index in [9.17, 15) is 4.79 Å². The standard InChI is InChI=1S/C18H21ClN2O4/c1-23-15-7-5-13(19)9-14(15)21-18(22)11-20-10-12-4-6-16(24-2)17(8-12)25-3/h4-9,20H,10-11H2,1-3H3,(H,21,22). The van der Waals surface area contributed by atoms with Gasteiger partial charge in [0.1, 0.15) is 5.75 Å². The van der Waals surface area contributed by atoms with Gasteiger partial charge in [-0.2, -0.15) is 0 Å². The minimum Gasteiger partial charge on any atom is -0.495 e. The number of carbonyl (C=O) groups excluding carboxylic acids is 1. The van der Waals surface area contributed by atoms with E-state index < -0.39 is 0 Å². The molecule has 0 aliphatic rings. The van der Waals surface area contributed by atoms with E-state index in [1.54, 1.807) is 32.4 Å². The van der Waals surface area contributed by atoms with Crippen LogP contribution in [-0.4, -0.2) is 33.8 Å². The maximum Gasteiger partial charge on any atom is 0.238 e. The van der Waals surface area contributed by atoms with Gasteiger partial charge in [0, 0.05) is 11.6 Å². The number of halogens is 1. The van der Waals surface area contributed by atoms with Gasteiger partial charge in [0.15, 0.2) is 11.5 Å². The summed E-state index contributed by atoms with van der Waals surface area (Å²) < 4.78 is 15.7. The summed E-state index contributed by atoms with van der Waals surface area (Å²) in [5.41, 5.74) is 1.51. The first-order chi connectivity index (χ1) is 12.1. The van der Waals surface area contributed by atoms with Crippen LogP contribution in [0.2, 0.25) is 5.02 Å². The van der Waals surface area contributed by atoms with E-state index in [0.717, 1.165) is 5.56 Å². The second-order valence-electron chi connectivity index (χ2n) is 5.19. The van der Waals surface area contributed by atoms with Crippen molar-refractivity contribution in [3.63, 3.8) is 0 Å². The zero-order valence-electron chi connectivity index (χ0n) is 14.4. The number of benzene rings is 2. The van der Waals surface area contributed by atoms with Crippen LogP contribution in [0.15, 0.2) is 36.4 Å². The second kappa shape index (κ2) is 9.15. The fourth-order valence-corrected chi connectivity index (χ4v) is 2.46. The average Bonchev–Trinajstić information content (AvgIpc) is 2.61. The molecule has 134 valence electrons. The molecule has 0 atom stereocenters. The molecule has 2 aromatic rings. The summed E-state index contributed by atoms with van der Waals surface area (Å²) >= 11 is 5.95. The average molecular weight is 365 g/mol. The number of methoxy groups -OCH3 is 3. The maximum absolute atomic E-state index is 12.1. The molecule has 25 heavy (non-hydrogen) atoms. The molecule has 0 aromatic heterocycles. The van der Waals surface area contributed by atoms with Crippen LogP contribution < -0.4 is 24.8 Å². The first-order valence-electron chi connectivity index (χ1n) is 7.62. The minimum atomic E-state index is -0.193. The van der Waals surface area contributed by atoms with Crippen LogP contribution in [0.5, 0.6) is 17.2 Å². The molecule has 0 heterocycles. The van der Waals surface area contributed by atoms with Gasteiger partial charge in [0.2, 0.25) is 5.91 Å². The summed E-state index contributed by atoms with van der Waals surface area (Å²) in [5.74, 6) is 1.67. The van der Waals surface area contributed by atoms with Crippen LogP contribution in [0, 0.1) is 0 Å². The van der Waals surface area contributed by atoms with Gasteiger partial charge in [-0.15, -0.1) is 0 Å². The van der Waals surface area contributed by atoms with Gasteiger partial charge in [0.25, 0.3) is 0 Å². The SMILES string of the molecule is COc1ccc(Cl)cc1NC(=O)CNCc1ccc(OC)c(OC)c1. The zero-order valence-corrected chi connectivity index (χ0v) is 15.1. The predicted octanol–water partition coefficient (Wildman–Crippen LogP) is 3.09. The van der Waals surface area contributed by atoms with Gasteiger partial charge in [-0.3, -0.25) is 4.79 Å². The number of hydrogen-bond donors (Lipinski definition) is 2. The van der Waals surface area contributed by atoms with Crippen LogP contribution in [0.4, 0.5) is 5.69 Å². The summed E-state index contributed by atoms with van der Waals surface area (Å²) in [5, 5.41) is 6.38. The van der Waals surface area contributed by atoms with Gasteiger partial charge in [0.05, 0.1) is 33.6 Å². The van der Waals surface area contributed by atoms with Crippen molar-refractivity contribution in [3.05, 3.63) is 47.0 Å². The Labute approximate surface area is 152 Å². The van der Waals surface area contributed by atoms with Gasteiger partial charge in [-0.1, -0.05) is 17.7 Å². The van der Waals surface area contributed by atoms with Crippen molar-refractivity contribution in [1.29, 1.82) is 0 Å². The molecule has 2 aromatic carbocycles. The molecule has 0 radical (unpaired) electrons. The van der Waals surface area contributed by atoms with Crippen LogP contribution in [-0.2, 0) is 11.3 Å². The van der Waals surface area contributed by atoms with Crippen LogP contribution in [0.1, 0.15) is 5.56 Å². The number of rotatable bonds is 8. The first-order valence-corrected chi connectivity index (χ1v) is 8.00. The lowest BCUT2D eigenvalue weighted by Gasteiger charge is -2.12. The summed E-state index contributed by atoms with van der Waals surface area (Å²) in [6.07, 6.45) is 0. The summed E-state index contributed by atoms with van der Waals surface area (Å²) in [4.78, 5) is 12.1. The van der Waals surface area contributed by atoms with Gasteiger partial charge in [-0.05, 0) is 35.9 Å². The Morgan fingerprint density at radius 3 is 2.32 bits per heavy atom. The molecule has 0 aliphatic carbocycles. The molecule has 0 saturated carbocycles. The molecule has 2 N–H and O–H groups in total. The van der Waals surface area contributed by atoms with Crippen molar-refractivity contribution in [3.8, 4) is 17.2 Å². The normalized spacial score (nSPS) is 10.2. The summed E-state index contributed by atoms with van der Waals surface area (Å²) in [6.45, 7) is 0.657. The quantitative estimate of drug-likeness (QED) is 0.753. The zero-order chi connectivity index (χ0) is 18.2. The van der Waals surface area contributed by atoms with Gasteiger partial charge in [-0.25, -0.2) is 0 Å². The molecule has 0 aliphatic heterocycles. The van der Waals surface area contributed by atoms with Crippen LogP contribution in [0.25, 0.3) is 0 Å². The maximum atomic E-state index is 12.1. The topological polar surface area (TPSA) is 68.8 Å². The molecular formula is C18H21ClN2O4. The minimum absolute atomic E-state index is 0.143. The highest BCUT2D eigenvalue weighted by atomic mass is 35.5. The highest BCUT2D eigenvalue weighted by molar-refractivity contribution is 6.31. The molecular weight excluding hydrogens is 344 g/mol. The lowest BCUT2D eigenvalue weighted by Crippen LogP contribution is -2.27. The Morgan fingerprint density at radius 1 is 0.960 bits per heavy atom. The first kappa shape index (κ1) is 18.9. The van der Waals surface area contributed by atoms with Gasteiger partial charge < -0.3 is 24.8 Å². The van der Waals surface area contributed by atoms with E-state index in [0.29, 0.717) is 34.5 Å². The largest absolute Gasteiger partial charge is 0.495 e. The lowest BCUT2D eigenvalue weighted by atomic mass is 10.2. The fraction of sp³-hybridized carbons (Fsp3) is 0.278. The van der Waals surface area contributed by atoms with Gasteiger partial charge >= 0.3 is 0 Å². The van der Waals surface area contributed by atoms with Crippen LogP contribution in [0.3, 0.4) is 0 Å². The van der Waals surface area contributed by atoms with E-state index in [2.05, 4.69) is 10.6 Å². The van der Waals surface area contributed by atoms with E-state index in [-0.39, 0.29) is 12.5 Å². The summed E-state index contributed by atoms with van der Waals surface area (Å²) in [7, 11) is 4.71. The van der Waals surface area contributed by atoms with Crippen molar-refractivity contribution in [2.75, 3.05) is 33.2 Å². The van der Waals surface area contributed by atoms with Crippen molar-refractivity contribution in [2.45, 2.75) is 6.54 Å². The Balaban J connectivity index is 1.90. The molecule has 2 rings (SSSR count). The molecule has 0 saturated heterocycles. The Bertz CT molecular complexity index is 737. The molecule has 1 amide bonds.